The first-order valence-corrected chi connectivity index (χ1v) is 7.89. The van der Waals surface area contributed by atoms with Crippen LogP contribution in [-0.2, 0) is 10.0 Å². The summed E-state index contributed by atoms with van der Waals surface area (Å²) in [6.07, 6.45) is 5.71. The molecule has 2 atom stereocenters. The average Bonchev–Trinajstić information content (AvgIpc) is 2.99. The smallest absolute Gasteiger partial charge is 0.257 e. The Hall–Kier alpha value is -0.920. The Labute approximate surface area is 107 Å². The van der Waals surface area contributed by atoms with E-state index >= 15 is 0 Å². The van der Waals surface area contributed by atoms with E-state index < -0.39 is 10.0 Å². The molecule has 3 heterocycles. The van der Waals surface area contributed by atoms with Gasteiger partial charge in [0.25, 0.3) is 10.0 Å². The molecule has 7 heteroatoms. The van der Waals surface area contributed by atoms with Gasteiger partial charge >= 0.3 is 0 Å². The zero-order chi connectivity index (χ0) is 12.6. The fourth-order valence-corrected chi connectivity index (χ4v) is 4.20. The summed E-state index contributed by atoms with van der Waals surface area (Å²) in [5.41, 5.74) is 0. The highest BCUT2D eigenvalue weighted by molar-refractivity contribution is 7.89. The van der Waals surface area contributed by atoms with Gasteiger partial charge in [-0.05, 0) is 44.8 Å². The Balaban J connectivity index is 1.67. The fourth-order valence-electron chi connectivity index (χ4n) is 3.01. The highest BCUT2D eigenvalue weighted by atomic mass is 32.2. The second kappa shape index (κ2) is 4.64. The van der Waals surface area contributed by atoms with Gasteiger partial charge in [0.1, 0.15) is 0 Å². The molecule has 2 aliphatic heterocycles. The zero-order valence-corrected chi connectivity index (χ0v) is 11.0. The second-order valence-electron chi connectivity index (χ2n) is 5.10. The summed E-state index contributed by atoms with van der Waals surface area (Å²) in [6.45, 7) is 2.17. The fraction of sp³-hybridized carbons (Fsp3) is 0.727. The van der Waals surface area contributed by atoms with Crippen LogP contribution in [0.1, 0.15) is 25.7 Å². The van der Waals surface area contributed by atoms with Gasteiger partial charge in [-0.2, -0.15) is 5.10 Å². The number of nitrogens with zero attached hydrogens (tertiary/aromatic N) is 2. The number of fused-ring (bicyclic) bond motifs is 1. The van der Waals surface area contributed by atoms with Gasteiger partial charge < -0.3 is 4.90 Å². The predicted octanol–water partition coefficient (Wildman–Crippen LogP) is 0.315. The van der Waals surface area contributed by atoms with Crippen LogP contribution in [0, 0.1) is 0 Å². The molecule has 2 aliphatic rings. The van der Waals surface area contributed by atoms with Crippen molar-refractivity contribution in [3.63, 3.8) is 0 Å². The molecular weight excluding hydrogens is 252 g/mol. The van der Waals surface area contributed by atoms with Gasteiger partial charge in [0.2, 0.25) is 0 Å². The van der Waals surface area contributed by atoms with Gasteiger partial charge in [0.15, 0.2) is 5.03 Å². The van der Waals surface area contributed by atoms with Crippen molar-refractivity contribution in [1.82, 2.24) is 19.8 Å². The van der Waals surface area contributed by atoms with E-state index in [-0.39, 0.29) is 11.1 Å². The van der Waals surface area contributed by atoms with Crippen LogP contribution in [0.5, 0.6) is 0 Å². The highest BCUT2D eigenvalue weighted by Crippen LogP contribution is 2.27. The van der Waals surface area contributed by atoms with Gasteiger partial charge in [-0.15, -0.1) is 0 Å². The van der Waals surface area contributed by atoms with Crippen LogP contribution in [0.2, 0.25) is 0 Å². The molecule has 3 rings (SSSR count). The van der Waals surface area contributed by atoms with Crippen molar-refractivity contribution in [2.24, 2.45) is 0 Å². The molecule has 6 nitrogen and oxygen atoms in total. The van der Waals surface area contributed by atoms with E-state index in [9.17, 15) is 8.42 Å². The molecular formula is C11H18N4O2S. The van der Waals surface area contributed by atoms with Gasteiger partial charge in [-0.1, -0.05) is 0 Å². The van der Waals surface area contributed by atoms with Gasteiger partial charge in [-0.3, -0.25) is 5.10 Å². The van der Waals surface area contributed by atoms with E-state index in [4.69, 9.17) is 0 Å². The molecule has 0 aliphatic carbocycles. The van der Waals surface area contributed by atoms with Crippen LogP contribution < -0.4 is 4.72 Å². The zero-order valence-electron chi connectivity index (χ0n) is 10.2. The minimum atomic E-state index is -3.43. The van der Waals surface area contributed by atoms with Crippen molar-refractivity contribution in [1.29, 1.82) is 0 Å². The topological polar surface area (TPSA) is 78.1 Å². The number of H-pyrrole nitrogens is 1. The van der Waals surface area contributed by atoms with Crippen molar-refractivity contribution >= 4 is 10.0 Å². The van der Waals surface area contributed by atoms with E-state index in [1.807, 2.05) is 0 Å². The monoisotopic (exact) mass is 270 g/mol. The van der Waals surface area contributed by atoms with E-state index in [0.717, 1.165) is 19.4 Å². The Kier molecular flexibility index (Phi) is 3.13. The van der Waals surface area contributed by atoms with Gasteiger partial charge in [0, 0.05) is 12.1 Å². The van der Waals surface area contributed by atoms with Crippen LogP contribution in [0.3, 0.4) is 0 Å². The summed E-state index contributed by atoms with van der Waals surface area (Å²) >= 11 is 0. The molecule has 2 unspecified atom stereocenters. The summed E-state index contributed by atoms with van der Waals surface area (Å²) in [6, 6.07) is 2.10. The number of aromatic nitrogens is 2. The number of nitrogens with one attached hydrogen (secondary N) is 2. The number of rotatable bonds is 3. The molecule has 0 amide bonds. The summed E-state index contributed by atoms with van der Waals surface area (Å²) < 4.78 is 26.9. The predicted molar refractivity (Wildman–Crippen MR) is 66.5 cm³/mol. The molecule has 100 valence electrons. The number of sulfonamides is 1. The first-order chi connectivity index (χ1) is 8.65. The molecule has 1 aromatic heterocycles. The van der Waals surface area contributed by atoms with Crippen molar-refractivity contribution in [3.8, 4) is 0 Å². The number of piperidine rings is 1. The third kappa shape index (κ3) is 2.30. The lowest BCUT2D eigenvalue weighted by Crippen LogP contribution is -2.47. The molecule has 2 N–H and O–H groups in total. The summed E-state index contributed by atoms with van der Waals surface area (Å²) in [5.74, 6) is 0. The first kappa shape index (κ1) is 12.1. The minimum absolute atomic E-state index is 0.0534. The van der Waals surface area contributed by atoms with Crippen molar-refractivity contribution in [3.05, 3.63) is 12.3 Å². The van der Waals surface area contributed by atoms with E-state index in [1.165, 1.54) is 31.6 Å². The maximum atomic E-state index is 12.1. The maximum absolute atomic E-state index is 12.1. The summed E-state index contributed by atoms with van der Waals surface area (Å²) in [4.78, 5) is 2.47. The molecule has 2 saturated heterocycles. The van der Waals surface area contributed by atoms with Gasteiger partial charge in [-0.25, -0.2) is 13.1 Å². The van der Waals surface area contributed by atoms with Crippen LogP contribution in [0.4, 0.5) is 0 Å². The Morgan fingerprint density at radius 2 is 2.28 bits per heavy atom. The van der Waals surface area contributed by atoms with E-state index in [2.05, 4.69) is 19.8 Å². The second-order valence-corrected chi connectivity index (χ2v) is 6.78. The Bertz CT molecular complexity index is 499. The summed E-state index contributed by atoms with van der Waals surface area (Å²) in [5, 5.41) is 6.33. The normalized spacial score (nSPS) is 29.3. The third-order valence-corrected chi connectivity index (χ3v) is 5.36. The quantitative estimate of drug-likeness (QED) is 0.829. The standard InChI is InChI=1S/C11H18N4O2S/c16-18(17,11-3-5-12-13-11)14-9-4-7-15-6-1-2-10(15)8-9/h3,5,9-10,14H,1-2,4,6-8H2,(H,12,13). The molecule has 1 aromatic rings. The molecule has 18 heavy (non-hydrogen) atoms. The third-order valence-electron chi connectivity index (χ3n) is 3.91. The largest absolute Gasteiger partial charge is 0.300 e. The minimum Gasteiger partial charge on any atom is -0.300 e. The van der Waals surface area contributed by atoms with Gasteiger partial charge in [0.05, 0.1) is 6.20 Å². The first-order valence-electron chi connectivity index (χ1n) is 6.41. The molecule has 0 radical (unpaired) electrons. The number of hydrogen-bond donors (Lipinski definition) is 2. The Morgan fingerprint density at radius 3 is 3.06 bits per heavy atom. The van der Waals surface area contributed by atoms with Crippen LogP contribution >= 0.6 is 0 Å². The lowest BCUT2D eigenvalue weighted by molar-refractivity contribution is 0.176. The van der Waals surface area contributed by atoms with Crippen LogP contribution in [-0.4, -0.2) is 48.7 Å². The summed E-state index contributed by atoms with van der Waals surface area (Å²) in [7, 11) is -3.43. The molecule has 0 aromatic carbocycles. The lowest BCUT2D eigenvalue weighted by atomic mass is 9.99. The average molecular weight is 270 g/mol. The van der Waals surface area contributed by atoms with E-state index in [1.54, 1.807) is 0 Å². The Morgan fingerprint density at radius 1 is 1.39 bits per heavy atom. The lowest BCUT2D eigenvalue weighted by Gasteiger charge is -2.34. The number of aromatic amines is 1. The molecule has 0 bridgehead atoms. The molecule has 0 saturated carbocycles. The van der Waals surface area contributed by atoms with Crippen LogP contribution in [0.15, 0.2) is 17.3 Å². The SMILES string of the molecule is O=S(=O)(NC1CCN2CCCC2C1)c1ccn[nH]1. The van der Waals surface area contributed by atoms with Crippen LogP contribution in [0.25, 0.3) is 0 Å². The molecule has 0 spiro atoms. The number of hydrogen-bond acceptors (Lipinski definition) is 4. The molecule has 2 fully saturated rings. The van der Waals surface area contributed by atoms with Crippen molar-refractivity contribution < 1.29 is 8.42 Å². The highest BCUT2D eigenvalue weighted by Gasteiger charge is 2.33. The maximum Gasteiger partial charge on any atom is 0.257 e. The van der Waals surface area contributed by atoms with Crippen molar-refractivity contribution in [2.75, 3.05) is 13.1 Å². The van der Waals surface area contributed by atoms with E-state index in [0.29, 0.717) is 6.04 Å². The van der Waals surface area contributed by atoms with Crippen molar-refractivity contribution in [2.45, 2.75) is 42.8 Å².